The third-order valence-electron chi connectivity index (χ3n) is 4.53. The Bertz CT molecular complexity index is 823. The Morgan fingerprint density at radius 2 is 2.08 bits per heavy atom. The second-order valence-corrected chi connectivity index (χ2v) is 8.23. The predicted molar refractivity (Wildman–Crippen MR) is 107 cm³/mol. The molecule has 1 aromatic rings. The fraction of sp³-hybridized carbons (Fsp3) is 0.389. The maximum atomic E-state index is 12.8. The van der Waals surface area contributed by atoms with Crippen LogP contribution in [-0.4, -0.2) is 46.8 Å². The molecule has 2 N–H and O–H groups in total. The molecule has 1 amide bonds. The van der Waals surface area contributed by atoms with Gasteiger partial charge in [-0.3, -0.25) is 14.6 Å². The van der Waals surface area contributed by atoms with Gasteiger partial charge in [0.05, 0.1) is 14.9 Å². The number of ketones is 1. The number of rotatable bonds is 2. The van der Waals surface area contributed by atoms with Crippen LogP contribution in [0.3, 0.4) is 0 Å². The number of nitrogens with zero attached hydrogens (tertiary/aromatic N) is 2. The molecule has 8 heteroatoms. The van der Waals surface area contributed by atoms with Gasteiger partial charge in [-0.2, -0.15) is 0 Å². The van der Waals surface area contributed by atoms with Crippen LogP contribution in [0.4, 0.5) is 0 Å². The summed E-state index contributed by atoms with van der Waals surface area (Å²) in [5, 5.41) is 0.726. The molecule has 0 fully saturated rings. The number of Topliss-reactive ketones (excluding diaryl/α,β-unsaturated/α-hetero) is 1. The van der Waals surface area contributed by atoms with E-state index in [1.807, 2.05) is 0 Å². The fourth-order valence-electron chi connectivity index (χ4n) is 3.05. The highest BCUT2D eigenvalue weighted by atomic mass is 79.9. The molecule has 1 aromatic carbocycles. The van der Waals surface area contributed by atoms with Gasteiger partial charge >= 0.3 is 0 Å². The van der Waals surface area contributed by atoms with E-state index in [9.17, 15) is 9.59 Å². The van der Waals surface area contributed by atoms with Gasteiger partial charge < -0.3 is 10.6 Å². The lowest BCUT2D eigenvalue weighted by atomic mass is 9.96. The van der Waals surface area contributed by atoms with Crippen LogP contribution in [0.15, 0.2) is 34.5 Å². The number of hydrogen-bond acceptors (Lipinski definition) is 4. The molecular weight excluding hydrogens is 441 g/mol. The van der Waals surface area contributed by atoms with Crippen molar-refractivity contribution in [3.05, 3.63) is 45.1 Å². The molecular formula is C18H18BrCl2N3O2. The van der Waals surface area contributed by atoms with Gasteiger partial charge in [-0.05, 0) is 31.0 Å². The monoisotopic (exact) mass is 457 g/mol. The van der Waals surface area contributed by atoms with Crippen molar-refractivity contribution >= 4 is 56.5 Å². The van der Waals surface area contributed by atoms with Gasteiger partial charge in [0.2, 0.25) is 0 Å². The summed E-state index contributed by atoms with van der Waals surface area (Å²) in [6.45, 7) is 1.32. The Morgan fingerprint density at radius 1 is 1.31 bits per heavy atom. The second kappa shape index (κ2) is 8.11. The molecule has 0 saturated carbocycles. The van der Waals surface area contributed by atoms with Gasteiger partial charge in [0.1, 0.15) is 5.71 Å². The normalized spacial score (nSPS) is 21.5. The first-order valence-corrected chi connectivity index (χ1v) is 10.0. The minimum atomic E-state index is -0.259. The molecule has 2 heterocycles. The van der Waals surface area contributed by atoms with E-state index in [1.54, 1.807) is 23.1 Å². The van der Waals surface area contributed by atoms with Crippen LogP contribution < -0.4 is 5.73 Å². The van der Waals surface area contributed by atoms with Crippen LogP contribution in [-0.2, 0) is 4.79 Å². The van der Waals surface area contributed by atoms with Crippen molar-refractivity contribution in [1.29, 1.82) is 0 Å². The van der Waals surface area contributed by atoms with Crippen LogP contribution in [0.5, 0.6) is 0 Å². The Hall–Kier alpha value is -1.37. The summed E-state index contributed by atoms with van der Waals surface area (Å²) >= 11 is 15.4. The predicted octanol–water partition coefficient (Wildman–Crippen LogP) is 3.62. The zero-order valence-electron chi connectivity index (χ0n) is 14.0. The van der Waals surface area contributed by atoms with Crippen molar-refractivity contribution < 1.29 is 9.59 Å². The van der Waals surface area contributed by atoms with Gasteiger partial charge in [0.15, 0.2) is 5.78 Å². The second-order valence-electron chi connectivity index (χ2n) is 6.31. The molecule has 0 bridgehead atoms. The third kappa shape index (κ3) is 3.97. The van der Waals surface area contributed by atoms with Crippen molar-refractivity contribution in [3.63, 3.8) is 0 Å². The third-order valence-corrected chi connectivity index (χ3v) is 6.14. The number of alkyl halides is 1. The van der Waals surface area contributed by atoms with Crippen LogP contribution in [0.25, 0.3) is 0 Å². The fourth-order valence-corrected chi connectivity index (χ4v) is 3.89. The molecule has 0 radical (unpaired) electrons. The maximum Gasteiger partial charge on any atom is 0.254 e. The quantitative estimate of drug-likeness (QED) is 0.687. The molecule has 26 heavy (non-hydrogen) atoms. The summed E-state index contributed by atoms with van der Waals surface area (Å²) in [5.41, 5.74) is 8.29. The van der Waals surface area contributed by atoms with Gasteiger partial charge in [0, 0.05) is 42.9 Å². The SMILES string of the molecule is NC1=C(C2=NCCCC(Br)C2=O)CN(C(=O)c2ccc(Cl)c(Cl)c2)CC1. The Labute approximate surface area is 170 Å². The van der Waals surface area contributed by atoms with Gasteiger partial charge in [0.25, 0.3) is 5.91 Å². The smallest absolute Gasteiger partial charge is 0.254 e. The zero-order valence-corrected chi connectivity index (χ0v) is 17.1. The molecule has 2 aliphatic rings. The number of carbonyl (C=O) groups excluding carboxylic acids is 2. The number of benzene rings is 1. The lowest BCUT2D eigenvalue weighted by molar-refractivity contribution is -0.112. The first kappa shape index (κ1) is 19.4. The first-order chi connectivity index (χ1) is 12.4. The molecule has 0 aromatic heterocycles. The summed E-state index contributed by atoms with van der Waals surface area (Å²) in [7, 11) is 0. The van der Waals surface area contributed by atoms with Crippen LogP contribution in [0, 0.1) is 0 Å². The Kier molecular flexibility index (Phi) is 6.05. The van der Waals surface area contributed by atoms with E-state index in [0.717, 1.165) is 12.8 Å². The largest absolute Gasteiger partial charge is 0.402 e. The lowest BCUT2D eigenvalue weighted by Crippen LogP contribution is -2.42. The highest BCUT2D eigenvalue weighted by molar-refractivity contribution is 9.10. The molecule has 1 atom stereocenters. The molecule has 0 spiro atoms. The van der Waals surface area contributed by atoms with E-state index < -0.39 is 0 Å². The number of nitrogens with two attached hydrogens (primary N) is 1. The average molecular weight is 459 g/mol. The van der Waals surface area contributed by atoms with Crippen molar-refractivity contribution in [1.82, 2.24) is 4.90 Å². The summed E-state index contributed by atoms with van der Waals surface area (Å²) in [6, 6.07) is 4.79. The molecule has 138 valence electrons. The Balaban J connectivity index is 1.85. The summed E-state index contributed by atoms with van der Waals surface area (Å²) in [4.78, 5) is 31.3. The topological polar surface area (TPSA) is 75.8 Å². The van der Waals surface area contributed by atoms with Gasteiger partial charge in [-0.1, -0.05) is 39.1 Å². The van der Waals surface area contributed by atoms with E-state index in [0.29, 0.717) is 52.1 Å². The van der Waals surface area contributed by atoms with Gasteiger partial charge in [-0.25, -0.2) is 0 Å². The number of aliphatic imine (C=N–C) groups is 1. The number of hydrogen-bond donors (Lipinski definition) is 1. The van der Waals surface area contributed by atoms with E-state index in [-0.39, 0.29) is 23.1 Å². The van der Waals surface area contributed by atoms with Crippen molar-refractivity contribution in [3.8, 4) is 0 Å². The number of amides is 1. The van der Waals surface area contributed by atoms with Crippen LogP contribution in [0.1, 0.15) is 29.6 Å². The van der Waals surface area contributed by atoms with E-state index in [1.165, 1.54) is 0 Å². The summed E-state index contributed by atoms with van der Waals surface area (Å²) in [6.07, 6.45) is 2.08. The molecule has 0 aliphatic carbocycles. The molecule has 3 rings (SSSR count). The minimum Gasteiger partial charge on any atom is -0.402 e. The molecule has 0 saturated heterocycles. The highest BCUT2D eigenvalue weighted by Gasteiger charge is 2.31. The Morgan fingerprint density at radius 3 is 2.81 bits per heavy atom. The van der Waals surface area contributed by atoms with Crippen molar-refractivity contribution in [2.45, 2.75) is 24.1 Å². The maximum absolute atomic E-state index is 12.8. The molecule has 1 unspecified atom stereocenters. The van der Waals surface area contributed by atoms with E-state index >= 15 is 0 Å². The van der Waals surface area contributed by atoms with Gasteiger partial charge in [-0.15, -0.1) is 0 Å². The summed E-state index contributed by atoms with van der Waals surface area (Å²) < 4.78 is 0. The highest BCUT2D eigenvalue weighted by Crippen LogP contribution is 2.26. The first-order valence-electron chi connectivity index (χ1n) is 8.33. The molecule has 5 nitrogen and oxygen atoms in total. The molecule has 2 aliphatic heterocycles. The standard InChI is InChI=1S/C18H18BrCl2N3O2/c19-12-2-1-6-23-16(17(12)25)11-9-24(7-5-15(11)22)18(26)10-3-4-13(20)14(21)8-10/h3-4,8,12H,1-2,5-7,9,22H2. The van der Waals surface area contributed by atoms with Crippen molar-refractivity contribution in [2.75, 3.05) is 19.6 Å². The summed E-state index contributed by atoms with van der Waals surface area (Å²) in [5.74, 6) is -0.241. The van der Waals surface area contributed by atoms with Crippen LogP contribution in [0.2, 0.25) is 10.0 Å². The van der Waals surface area contributed by atoms with E-state index in [4.69, 9.17) is 28.9 Å². The van der Waals surface area contributed by atoms with Crippen LogP contribution >= 0.6 is 39.1 Å². The number of carbonyl (C=O) groups is 2. The van der Waals surface area contributed by atoms with E-state index in [2.05, 4.69) is 20.9 Å². The number of halogens is 3. The lowest BCUT2D eigenvalue weighted by Gasteiger charge is -2.30. The average Bonchev–Trinajstić information content (AvgIpc) is 2.79. The van der Waals surface area contributed by atoms with Crippen molar-refractivity contribution in [2.24, 2.45) is 10.7 Å². The zero-order chi connectivity index (χ0) is 18.8. The minimum absolute atomic E-state index is 0.0655.